The number of carbonyl (C=O) groups is 2. The highest BCUT2D eigenvalue weighted by Gasteiger charge is 2.45. The van der Waals surface area contributed by atoms with Crippen LogP contribution in [-0.4, -0.2) is 77.5 Å². The molecule has 0 aromatic heterocycles. The van der Waals surface area contributed by atoms with Crippen LogP contribution in [-0.2, 0) is 14.3 Å². The average Bonchev–Trinajstić information content (AvgIpc) is 3.17. The summed E-state index contributed by atoms with van der Waals surface area (Å²) in [5.41, 5.74) is 0.695. The molecule has 1 amide bonds. The van der Waals surface area contributed by atoms with Gasteiger partial charge in [-0.2, -0.15) is 0 Å². The van der Waals surface area contributed by atoms with Crippen LogP contribution < -0.4 is 4.74 Å². The maximum absolute atomic E-state index is 13.2. The molecule has 0 aliphatic carbocycles. The maximum atomic E-state index is 13.2. The first-order valence-electron chi connectivity index (χ1n) is 12.1. The molecule has 2 saturated heterocycles. The number of benzene rings is 2. The average molecular weight is 508 g/mol. The molecule has 2 aliphatic heterocycles. The van der Waals surface area contributed by atoms with E-state index in [4.69, 9.17) is 9.47 Å². The fourth-order valence-electron chi connectivity index (χ4n) is 4.54. The number of nitrogens with zero attached hydrogens (tertiary/aromatic N) is 3. The summed E-state index contributed by atoms with van der Waals surface area (Å²) in [7, 11) is 0. The van der Waals surface area contributed by atoms with Gasteiger partial charge in [0.15, 0.2) is 0 Å². The van der Waals surface area contributed by atoms with Gasteiger partial charge in [-0.15, -0.1) is 0 Å². The first-order valence-corrected chi connectivity index (χ1v) is 12.1. The predicted octanol–water partition coefficient (Wildman–Crippen LogP) is 3.30. The number of Topliss-reactive ketones (excluding diaryl/α,β-unsaturated/α-hetero) is 1. The molecular formula is C27H29N3O7. The smallest absolute Gasteiger partial charge is 0.295 e. The molecule has 194 valence electrons. The van der Waals surface area contributed by atoms with Gasteiger partial charge in [0, 0.05) is 43.9 Å². The van der Waals surface area contributed by atoms with Crippen LogP contribution in [0.2, 0.25) is 0 Å². The molecule has 0 spiro atoms. The molecule has 2 fully saturated rings. The van der Waals surface area contributed by atoms with Gasteiger partial charge in [0.25, 0.3) is 17.4 Å². The Labute approximate surface area is 214 Å². The zero-order chi connectivity index (χ0) is 26.4. The summed E-state index contributed by atoms with van der Waals surface area (Å²) in [5, 5.41) is 22.3. The fraction of sp³-hybridized carbons (Fsp3) is 0.333. The van der Waals surface area contributed by atoms with E-state index in [0.29, 0.717) is 43.1 Å². The molecule has 1 atom stereocenters. The van der Waals surface area contributed by atoms with Gasteiger partial charge in [-0.1, -0.05) is 12.7 Å². The lowest BCUT2D eigenvalue weighted by Gasteiger charge is -2.29. The molecule has 2 aromatic rings. The van der Waals surface area contributed by atoms with Crippen molar-refractivity contribution < 1.29 is 29.1 Å². The van der Waals surface area contributed by atoms with Crippen LogP contribution in [0.1, 0.15) is 23.6 Å². The lowest BCUT2D eigenvalue weighted by molar-refractivity contribution is -0.384. The van der Waals surface area contributed by atoms with E-state index < -0.39 is 22.7 Å². The number of nitro benzene ring substituents is 1. The Morgan fingerprint density at radius 2 is 1.78 bits per heavy atom. The van der Waals surface area contributed by atoms with Crippen LogP contribution >= 0.6 is 0 Å². The number of hydrogen-bond donors (Lipinski definition) is 1. The Kier molecular flexibility index (Phi) is 8.32. The van der Waals surface area contributed by atoms with Crippen molar-refractivity contribution in [2.75, 3.05) is 46.0 Å². The summed E-state index contributed by atoms with van der Waals surface area (Å²) < 4.78 is 10.9. The molecule has 0 saturated carbocycles. The fourth-order valence-corrected chi connectivity index (χ4v) is 4.54. The minimum absolute atomic E-state index is 0.0509. The van der Waals surface area contributed by atoms with Crippen LogP contribution in [0.4, 0.5) is 5.69 Å². The minimum Gasteiger partial charge on any atom is -0.507 e. The van der Waals surface area contributed by atoms with Gasteiger partial charge in [-0.25, -0.2) is 0 Å². The zero-order valence-corrected chi connectivity index (χ0v) is 20.4. The molecule has 2 aliphatic rings. The zero-order valence-electron chi connectivity index (χ0n) is 20.4. The minimum atomic E-state index is -0.873. The van der Waals surface area contributed by atoms with E-state index >= 15 is 0 Å². The number of hydrogen-bond acceptors (Lipinski definition) is 8. The Bertz CT molecular complexity index is 1190. The van der Waals surface area contributed by atoms with E-state index in [1.54, 1.807) is 30.3 Å². The monoisotopic (exact) mass is 507 g/mol. The number of ketones is 1. The third-order valence-corrected chi connectivity index (χ3v) is 6.43. The van der Waals surface area contributed by atoms with Gasteiger partial charge in [-0.05, 0) is 48.4 Å². The van der Waals surface area contributed by atoms with Gasteiger partial charge in [-0.3, -0.25) is 24.6 Å². The summed E-state index contributed by atoms with van der Waals surface area (Å²) in [6.07, 6.45) is 2.23. The molecule has 2 aromatic carbocycles. The second-order valence-corrected chi connectivity index (χ2v) is 8.77. The highest BCUT2D eigenvalue weighted by Crippen LogP contribution is 2.40. The number of amides is 1. The van der Waals surface area contributed by atoms with E-state index in [2.05, 4.69) is 11.5 Å². The quantitative estimate of drug-likeness (QED) is 0.130. The van der Waals surface area contributed by atoms with Gasteiger partial charge in [0.05, 0.1) is 29.8 Å². The molecule has 1 N–H and O–H groups in total. The molecule has 10 nitrogen and oxygen atoms in total. The Morgan fingerprint density at radius 3 is 2.41 bits per heavy atom. The van der Waals surface area contributed by atoms with Crippen molar-refractivity contribution in [1.82, 2.24) is 9.80 Å². The van der Waals surface area contributed by atoms with Crippen molar-refractivity contribution in [3.8, 4) is 5.75 Å². The summed E-state index contributed by atoms with van der Waals surface area (Å²) in [5.74, 6) is -1.25. The number of likely N-dealkylation sites (tertiary alicyclic amines) is 1. The van der Waals surface area contributed by atoms with Crippen LogP contribution in [0.25, 0.3) is 5.76 Å². The van der Waals surface area contributed by atoms with Gasteiger partial charge >= 0.3 is 0 Å². The van der Waals surface area contributed by atoms with Crippen LogP contribution in [0.3, 0.4) is 0 Å². The van der Waals surface area contributed by atoms with E-state index in [0.717, 1.165) is 19.6 Å². The summed E-state index contributed by atoms with van der Waals surface area (Å²) in [6.45, 7) is 7.86. The van der Waals surface area contributed by atoms with Crippen LogP contribution in [0, 0.1) is 10.1 Å². The molecule has 0 unspecified atom stereocenters. The Balaban J connectivity index is 1.66. The van der Waals surface area contributed by atoms with Crippen molar-refractivity contribution in [2.24, 2.45) is 0 Å². The second-order valence-electron chi connectivity index (χ2n) is 8.77. The van der Waals surface area contributed by atoms with Gasteiger partial charge < -0.3 is 19.5 Å². The van der Waals surface area contributed by atoms with Crippen molar-refractivity contribution >= 4 is 23.1 Å². The molecule has 0 bridgehead atoms. The largest absolute Gasteiger partial charge is 0.507 e. The normalized spacial score (nSPS) is 19.7. The summed E-state index contributed by atoms with van der Waals surface area (Å²) in [4.78, 5) is 40.6. The Morgan fingerprint density at radius 1 is 1.11 bits per heavy atom. The lowest BCUT2D eigenvalue weighted by atomic mass is 9.95. The summed E-state index contributed by atoms with van der Waals surface area (Å²) in [6, 6.07) is 11.3. The van der Waals surface area contributed by atoms with E-state index in [-0.39, 0.29) is 23.6 Å². The van der Waals surface area contributed by atoms with E-state index in [9.17, 15) is 24.8 Å². The second kappa shape index (κ2) is 11.8. The predicted molar refractivity (Wildman–Crippen MR) is 136 cm³/mol. The summed E-state index contributed by atoms with van der Waals surface area (Å²) >= 11 is 0. The molecule has 0 radical (unpaired) electrons. The number of aliphatic hydroxyl groups is 1. The number of rotatable bonds is 10. The number of ether oxygens (including phenoxy) is 2. The Hall–Kier alpha value is -4.02. The number of non-ortho nitro benzene ring substituents is 1. The van der Waals surface area contributed by atoms with Gasteiger partial charge in [0.1, 0.15) is 18.1 Å². The van der Waals surface area contributed by atoms with E-state index in [1.165, 1.54) is 29.2 Å². The number of morpholine rings is 1. The topological polar surface area (TPSA) is 122 Å². The molecule has 2 heterocycles. The number of nitro groups is 1. The number of aliphatic hydroxyl groups excluding tert-OH is 1. The molecule has 4 rings (SSSR count). The maximum Gasteiger partial charge on any atom is 0.295 e. The van der Waals surface area contributed by atoms with Gasteiger partial charge in [0.2, 0.25) is 0 Å². The van der Waals surface area contributed by atoms with Crippen molar-refractivity contribution in [2.45, 2.75) is 12.5 Å². The first kappa shape index (κ1) is 26.1. The highest BCUT2D eigenvalue weighted by molar-refractivity contribution is 6.46. The third-order valence-electron chi connectivity index (χ3n) is 6.43. The molecule has 37 heavy (non-hydrogen) atoms. The third kappa shape index (κ3) is 5.87. The SMILES string of the molecule is C=CCOc1ccc(/C(O)=C2\C(=O)C(=O)N(CCCN3CCOCC3)[C@H]2c2ccc([N+](=O)[O-])cc2)cc1. The number of carbonyl (C=O) groups excluding carboxylic acids is 2. The molecular weight excluding hydrogens is 478 g/mol. The van der Waals surface area contributed by atoms with Crippen molar-refractivity contribution in [1.29, 1.82) is 0 Å². The standard InChI is InChI=1S/C27H29N3O7/c1-2-16-37-22-10-6-20(7-11-22)25(31)23-24(19-4-8-21(9-5-19)30(34)35)29(27(33)26(23)32)13-3-12-28-14-17-36-18-15-28/h2,4-11,24,31H,1,3,12-18H2/b25-23+/t24-/m0/s1. The van der Waals surface area contributed by atoms with Crippen molar-refractivity contribution in [3.63, 3.8) is 0 Å². The van der Waals surface area contributed by atoms with Crippen LogP contribution in [0.5, 0.6) is 5.75 Å². The lowest BCUT2D eigenvalue weighted by Crippen LogP contribution is -2.38. The van der Waals surface area contributed by atoms with Crippen LogP contribution in [0.15, 0.2) is 66.8 Å². The first-order chi connectivity index (χ1) is 17.9. The van der Waals surface area contributed by atoms with E-state index in [1.807, 2.05) is 0 Å². The highest BCUT2D eigenvalue weighted by atomic mass is 16.6. The van der Waals surface area contributed by atoms with Crippen molar-refractivity contribution in [3.05, 3.63) is 88.0 Å². The molecule has 10 heteroatoms.